The number of anilines is 1. The Balaban J connectivity index is 2.27. The van der Waals surface area contributed by atoms with E-state index >= 15 is 0 Å². The second-order valence-electron chi connectivity index (χ2n) is 3.46. The zero-order valence-corrected chi connectivity index (χ0v) is 12.0. The van der Waals surface area contributed by atoms with E-state index in [0.29, 0.717) is 0 Å². The van der Waals surface area contributed by atoms with Crippen molar-refractivity contribution in [3.63, 3.8) is 0 Å². The fourth-order valence-electron chi connectivity index (χ4n) is 1.65. The molecule has 1 aromatic rings. The molecule has 1 aliphatic heterocycles. The summed E-state index contributed by atoms with van der Waals surface area (Å²) in [5.41, 5.74) is 1.21. The highest BCUT2D eigenvalue weighted by Gasteiger charge is 2.13. The summed E-state index contributed by atoms with van der Waals surface area (Å²) in [5, 5.41) is 4.06. The summed E-state index contributed by atoms with van der Waals surface area (Å²) in [4.78, 5) is 2.35. The maximum absolute atomic E-state index is 6.06. The van der Waals surface area contributed by atoms with Crippen LogP contribution in [0.15, 0.2) is 21.1 Å². The van der Waals surface area contributed by atoms with Gasteiger partial charge in [-0.15, -0.1) is 0 Å². The molecule has 1 saturated heterocycles. The fraction of sp³-hybridized carbons (Fsp3) is 0.400. The minimum Gasteiger partial charge on any atom is -0.369 e. The van der Waals surface area contributed by atoms with Crippen LogP contribution in [0.2, 0.25) is 5.02 Å². The predicted octanol–water partition coefficient (Wildman–Crippen LogP) is 3.27. The smallest absolute Gasteiger partial charge is 0.0691 e. The molecule has 1 fully saturated rings. The first kappa shape index (κ1) is 11.7. The average molecular weight is 354 g/mol. The van der Waals surface area contributed by atoms with Crippen LogP contribution < -0.4 is 10.2 Å². The van der Waals surface area contributed by atoms with Crippen LogP contribution in [0.4, 0.5) is 5.69 Å². The summed E-state index contributed by atoms with van der Waals surface area (Å²) in [6.45, 7) is 4.16. The van der Waals surface area contributed by atoms with Gasteiger partial charge in [0.2, 0.25) is 0 Å². The SMILES string of the molecule is Clc1c(Br)cc(N2CCNCC2)cc1Br. The number of hydrogen-bond donors (Lipinski definition) is 1. The molecule has 2 rings (SSSR count). The molecule has 1 N–H and O–H groups in total. The van der Waals surface area contributed by atoms with E-state index in [1.807, 2.05) is 0 Å². The number of nitrogens with one attached hydrogen (secondary N) is 1. The Morgan fingerprint density at radius 3 is 2.20 bits per heavy atom. The van der Waals surface area contributed by atoms with Crippen molar-refractivity contribution in [3.05, 3.63) is 26.1 Å². The van der Waals surface area contributed by atoms with Crippen molar-refractivity contribution in [1.82, 2.24) is 5.32 Å². The lowest BCUT2D eigenvalue weighted by atomic mass is 10.2. The molecule has 1 aliphatic rings. The van der Waals surface area contributed by atoms with Crippen LogP contribution in [-0.4, -0.2) is 26.2 Å². The Hall–Kier alpha value is 0.230. The molecule has 0 unspecified atom stereocenters. The van der Waals surface area contributed by atoms with E-state index in [0.717, 1.165) is 40.1 Å². The summed E-state index contributed by atoms with van der Waals surface area (Å²) >= 11 is 13.0. The first-order valence-electron chi connectivity index (χ1n) is 4.78. The van der Waals surface area contributed by atoms with E-state index < -0.39 is 0 Å². The molecule has 1 aromatic carbocycles. The van der Waals surface area contributed by atoms with Crippen LogP contribution in [0.25, 0.3) is 0 Å². The largest absolute Gasteiger partial charge is 0.369 e. The van der Waals surface area contributed by atoms with Crippen molar-refractivity contribution in [2.24, 2.45) is 0 Å². The van der Waals surface area contributed by atoms with Gasteiger partial charge in [-0.2, -0.15) is 0 Å². The quantitative estimate of drug-likeness (QED) is 0.779. The Labute approximate surface area is 111 Å². The van der Waals surface area contributed by atoms with E-state index in [1.165, 1.54) is 5.69 Å². The summed E-state index contributed by atoms with van der Waals surface area (Å²) in [7, 11) is 0. The van der Waals surface area contributed by atoms with Gasteiger partial charge >= 0.3 is 0 Å². The zero-order chi connectivity index (χ0) is 10.8. The highest BCUT2D eigenvalue weighted by molar-refractivity contribution is 9.11. The maximum atomic E-state index is 6.06. The Morgan fingerprint density at radius 2 is 1.67 bits per heavy atom. The lowest BCUT2D eigenvalue weighted by molar-refractivity contribution is 0.589. The van der Waals surface area contributed by atoms with Crippen molar-refractivity contribution in [3.8, 4) is 0 Å². The second-order valence-corrected chi connectivity index (χ2v) is 5.55. The molecule has 0 aromatic heterocycles. The number of benzene rings is 1. The molecule has 0 atom stereocenters. The first-order valence-corrected chi connectivity index (χ1v) is 6.75. The van der Waals surface area contributed by atoms with Gasteiger partial charge in [-0.1, -0.05) is 11.6 Å². The topological polar surface area (TPSA) is 15.3 Å². The van der Waals surface area contributed by atoms with Crippen LogP contribution in [0.3, 0.4) is 0 Å². The maximum Gasteiger partial charge on any atom is 0.0691 e. The van der Waals surface area contributed by atoms with Gasteiger partial charge < -0.3 is 10.2 Å². The van der Waals surface area contributed by atoms with E-state index in [1.54, 1.807) is 0 Å². The van der Waals surface area contributed by atoms with Crippen LogP contribution in [0, 0.1) is 0 Å². The normalized spacial score (nSPS) is 16.9. The molecule has 15 heavy (non-hydrogen) atoms. The van der Waals surface area contributed by atoms with Crippen molar-refractivity contribution in [2.75, 3.05) is 31.1 Å². The van der Waals surface area contributed by atoms with E-state index in [9.17, 15) is 0 Å². The summed E-state index contributed by atoms with van der Waals surface area (Å²) in [5.74, 6) is 0. The van der Waals surface area contributed by atoms with Gasteiger partial charge in [0.05, 0.1) is 5.02 Å². The van der Waals surface area contributed by atoms with Crippen molar-refractivity contribution < 1.29 is 0 Å². The molecule has 0 saturated carbocycles. The summed E-state index contributed by atoms with van der Waals surface area (Å²) in [6, 6.07) is 4.14. The molecule has 0 aliphatic carbocycles. The molecular formula is C10H11Br2ClN2. The van der Waals surface area contributed by atoms with Gasteiger partial charge in [-0.05, 0) is 44.0 Å². The zero-order valence-electron chi connectivity index (χ0n) is 8.06. The van der Waals surface area contributed by atoms with Crippen LogP contribution in [0.1, 0.15) is 0 Å². The highest BCUT2D eigenvalue weighted by Crippen LogP contribution is 2.35. The number of hydrogen-bond acceptors (Lipinski definition) is 2. The lowest BCUT2D eigenvalue weighted by Gasteiger charge is -2.29. The van der Waals surface area contributed by atoms with Crippen molar-refractivity contribution in [1.29, 1.82) is 0 Å². The molecule has 82 valence electrons. The van der Waals surface area contributed by atoms with Gasteiger partial charge in [-0.3, -0.25) is 0 Å². The minimum absolute atomic E-state index is 0.730. The van der Waals surface area contributed by atoms with Gasteiger partial charge in [0.15, 0.2) is 0 Å². The van der Waals surface area contributed by atoms with Crippen LogP contribution >= 0.6 is 43.5 Å². The van der Waals surface area contributed by atoms with E-state index in [-0.39, 0.29) is 0 Å². The molecule has 5 heteroatoms. The molecule has 0 amide bonds. The average Bonchev–Trinajstić information content (AvgIpc) is 2.26. The van der Waals surface area contributed by atoms with E-state index in [2.05, 4.69) is 54.2 Å². The first-order chi connectivity index (χ1) is 7.18. The minimum atomic E-state index is 0.730. The number of halogens is 3. The number of nitrogens with zero attached hydrogens (tertiary/aromatic N) is 1. The molecule has 2 nitrogen and oxygen atoms in total. The number of piperazine rings is 1. The number of rotatable bonds is 1. The van der Waals surface area contributed by atoms with Crippen LogP contribution in [0.5, 0.6) is 0 Å². The standard InChI is InChI=1S/C10H11Br2ClN2/c11-8-5-7(6-9(12)10(8)13)15-3-1-14-2-4-15/h5-6,14H,1-4H2. The summed E-state index contributed by atoms with van der Waals surface area (Å²) in [6.07, 6.45) is 0. The fourth-order valence-corrected chi connectivity index (χ4v) is 2.92. The molecular weight excluding hydrogens is 343 g/mol. The third-order valence-corrected chi connectivity index (χ3v) is 4.57. The lowest BCUT2D eigenvalue weighted by Crippen LogP contribution is -2.43. The van der Waals surface area contributed by atoms with Crippen molar-refractivity contribution >= 4 is 49.1 Å². The predicted molar refractivity (Wildman–Crippen MR) is 71.9 cm³/mol. The van der Waals surface area contributed by atoms with Gasteiger partial charge in [0.1, 0.15) is 0 Å². The van der Waals surface area contributed by atoms with Crippen LogP contribution in [-0.2, 0) is 0 Å². The highest BCUT2D eigenvalue weighted by atomic mass is 79.9. The molecule has 0 bridgehead atoms. The molecule has 0 radical (unpaired) electrons. The summed E-state index contributed by atoms with van der Waals surface area (Å²) < 4.78 is 1.87. The van der Waals surface area contributed by atoms with Gasteiger partial charge in [0.25, 0.3) is 0 Å². The van der Waals surface area contributed by atoms with Gasteiger partial charge in [-0.25, -0.2) is 0 Å². The van der Waals surface area contributed by atoms with E-state index in [4.69, 9.17) is 11.6 Å². The molecule has 0 spiro atoms. The third-order valence-electron chi connectivity index (χ3n) is 2.45. The monoisotopic (exact) mass is 352 g/mol. The molecule has 1 heterocycles. The Bertz CT molecular complexity index is 341. The second kappa shape index (κ2) is 5.04. The Kier molecular flexibility index (Phi) is 3.93. The Morgan fingerprint density at radius 1 is 1.13 bits per heavy atom. The third kappa shape index (κ3) is 2.67. The van der Waals surface area contributed by atoms with Gasteiger partial charge in [0, 0.05) is 40.8 Å². The van der Waals surface area contributed by atoms with Crippen molar-refractivity contribution in [2.45, 2.75) is 0 Å².